The monoisotopic (exact) mass is 458 g/mol. The zero-order valence-electron chi connectivity index (χ0n) is 20.6. The predicted octanol–water partition coefficient (Wildman–Crippen LogP) is 5.47. The van der Waals surface area contributed by atoms with Gasteiger partial charge in [0.05, 0.1) is 6.61 Å². The Morgan fingerprint density at radius 1 is 0.600 bits per heavy atom. The molecule has 30 heavy (non-hydrogen) atoms. The van der Waals surface area contributed by atoms with Crippen LogP contribution in [0.1, 0.15) is 142 Å². The topological polar surface area (TPSA) is 63.6 Å². The van der Waals surface area contributed by atoms with Gasteiger partial charge in [0.25, 0.3) is 0 Å². The van der Waals surface area contributed by atoms with Gasteiger partial charge in [-0.2, -0.15) is 14.8 Å². The molecule has 0 aliphatic rings. The van der Waals surface area contributed by atoms with Gasteiger partial charge in [-0.1, -0.05) is 129 Å². The molecule has 0 rings (SSSR count). The van der Waals surface area contributed by atoms with E-state index in [4.69, 9.17) is 4.55 Å². The average molecular weight is 459 g/mol. The van der Waals surface area contributed by atoms with Crippen LogP contribution in [0.15, 0.2) is 0 Å². The Labute approximate surface area is 212 Å². The van der Waals surface area contributed by atoms with Crippen LogP contribution < -0.4 is 29.6 Å². The first-order valence-corrected chi connectivity index (χ1v) is 13.8. The first-order chi connectivity index (χ1) is 14.0. The van der Waals surface area contributed by atoms with Crippen LogP contribution in [-0.2, 0) is 14.6 Å². The van der Waals surface area contributed by atoms with Crippen LogP contribution in [0.5, 0.6) is 0 Å². The van der Waals surface area contributed by atoms with Crippen molar-refractivity contribution in [3.63, 3.8) is 0 Å². The Hall–Kier alpha value is 0.870. The summed E-state index contributed by atoms with van der Waals surface area (Å²) in [5.41, 5.74) is 0. The van der Waals surface area contributed by atoms with Crippen molar-refractivity contribution < 1.29 is 46.7 Å². The van der Waals surface area contributed by atoms with E-state index in [0.29, 0.717) is 6.42 Å². The summed E-state index contributed by atoms with van der Waals surface area (Å²) in [6.45, 7) is 8.43. The molecule has 1 N–H and O–H groups in total. The van der Waals surface area contributed by atoms with Crippen molar-refractivity contribution in [1.82, 2.24) is 0 Å². The number of hydrogen-bond acceptors (Lipinski definition) is 3. The number of hydrogen-bond donors (Lipinski definition) is 1. The fourth-order valence-corrected chi connectivity index (χ4v) is 3.57. The third-order valence-electron chi connectivity index (χ3n) is 5.08. The third-order valence-corrected chi connectivity index (χ3v) is 5.55. The summed E-state index contributed by atoms with van der Waals surface area (Å²) in [6, 6.07) is 0. The molecule has 0 aromatic heterocycles. The molecule has 4 nitrogen and oxygen atoms in total. The SMILES string of the molecule is CCCCCCCCCCCCOS(=O)(=O)O.[CH2-]CCCCCCCCCCC.[Na+]. The second kappa shape index (κ2) is 29.9. The molecular formula is C24H51NaO4S. The fourth-order valence-electron chi connectivity index (χ4n) is 3.24. The Morgan fingerprint density at radius 2 is 0.900 bits per heavy atom. The predicted molar refractivity (Wildman–Crippen MR) is 127 cm³/mol. The number of rotatable bonds is 21. The van der Waals surface area contributed by atoms with Gasteiger partial charge >= 0.3 is 40.0 Å². The molecule has 0 radical (unpaired) electrons. The normalized spacial score (nSPS) is 10.9. The van der Waals surface area contributed by atoms with E-state index in [2.05, 4.69) is 25.0 Å². The van der Waals surface area contributed by atoms with Crippen LogP contribution in [0.3, 0.4) is 0 Å². The van der Waals surface area contributed by atoms with Gasteiger partial charge in [0.15, 0.2) is 0 Å². The van der Waals surface area contributed by atoms with E-state index in [-0.39, 0.29) is 36.2 Å². The Kier molecular flexibility index (Phi) is 35.3. The van der Waals surface area contributed by atoms with Crippen LogP contribution in [0.4, 0.5) is 0 Å². The van der Waals surface area contributed by atoms with Crippen molar-refractivity contribution in [3.05, 3.63) is 6.92 Å². The molecule has 0 aromatic rings. The molecule has 6 heteroatoms. The summed E-state index contributed by atoms with van der Waals surface area (Å²) in [5, 5.41) is 0. The van der Waals surface area contributed by atoms with Crippen molar-refractivity contribution in [2.75, 3.05) is 6.61 Å². The van der Waals surface area contributed by atoms with Crippen molar-refractivity contribution >= 4 is 10.4 Å². The summed E-state index contributed by atoms with van der Waals surface area (Å²) in [7, 11) is -4.23. The molecular weight excluding hydrogens is 407 g/mol. The van der Waals surface area contributed by atoms with E-state index < -0.39 is 10.4 Å². The van der Waals surface area contributed by atoms with E-state index >= 15 is 0 Å². The van der Waals surface area contributed by atoms with Gasteiger partial charge in [-0.3, -0.25) is 4.55 Å². The minimum Gasteiger partial charge on any atom is -0.343 e. The second-order valence-corrected chi connectivity index (χ2v) is 9.20. The second-order valence-electron chi connectivity index (χ2n) is 8.11. The molecule has 0 amide bonds. The maximum atomic E-state index is 10.2. The molecule has 0 saturated carbocycles. The fraction of sp³-hybridized carbons (Fsp3) is 0.958. The smallest absolute Gasteiger partial charge is 0.343 e. The summed E-state index contributed by atoms with van der Waals surface area (Å²) < 4.78 is 33.0. The molecule has 0 atom stereocenters. The van der Waals surface area contributed by atoms with Crippen molar-refractivity contribution in [2.45, 2.75) is 142 Å². The van der Waals surface area contributed by atoms with E-state index in [1.54, 1.807) is 0 Å². The van der Waals surface area contributed by atoms with E-state index in [0.717, 1.165) is 19.3 Å². The quantitative estimate of drug-likeness (QED) is 0.107. The Morgan fingerprint density at radius 3 is 1.20 bits per heavy atom. The van der Waals surface area contributed by atoms with Gasteiger partial charge in [-0.25, -0.2) is 4.18 Å². The van der Waals surface area contributed by atoms with Crippen molar-refractivity contribution in [2.24, 2.45) is 0 Å². The van der Waals surface area contributed by atoms with Crippen LogP contribution in [0.25, 0.3) is 0 Å². The number of unbranched alkanes of at least 4 members (excludes halogenated alkanes) is 18. The zero-order valence-corrected chi connectivity index (χ0v) is 23.5. The van der Waals surface area contributed by atoms with E-state index in [1.165, 1.54) is 103 Å². The molecule has 0 heterocycles. The molecule has 0 bridgehead atoms. The summed E-state index contributed by atoms with van der Waals surface area (Å²) in [4.78, 5) is 0. The van der Waals surface area contributed by atoms with Crippen LogP contribution >= 0.6 is 0 Å². The molecule has 0 aliphatic heterocycles. The van der Waals surface area contributed by atoms with Gasteiger partial charge in [0.2, 0.25) is 0 Å². The Bertz CT molecular complexity index is 379. The summed E-state index contributed by atoms with van der Waals surface area (Å²) >= 11 is 0. The van der Waals surface area contributed by atoms with Crippen molar-refractivity contribution in [1.29, 1.82) is 0 Å². The molecule has 0 unspecified atom stereocenters. The largest absolute Gasteiger partial charge is 1.00 e. The maximum Gasteiger partial charge on any atom is 1.00 e. The summed E-state index contributed by atoms with van der Waals surface area (Å²) in [6.07, 6.45) is 25.7. The van der Waals surface area contributed by atoms with Gasteiger partial charge in [-0.05, 0) is 6.42 Å². The first kappa shape index (κ1) is 35.5. The Balaban J connectivity index is -0.000000497. The van der Waals surface area contributed by atoms with Gasteiger partial charge in [-0.15, -0.1) is 0 Å². The molecule has 0 fully saturated rings. The van der Waals surface area contributed by atoms with E-state index in [1.807, 2.05) is 0 Å². The van der Waals surface area contributed by atoms with Gasteiger partial charge in [0, 0.05) is 0 Å². The van der Waals surface area contributed by atoms with Crippen LogP contribution in [-0.4, -0.2) is 19.6 Å². The molecule has 0 saturated heterocycles. The maximum absolute atomic E-state index is 10.2. The molecule has 0 aromatic carbocycles. The van der Waals surface area contributed by atoms with Crippen LogP contribution in [0.2, 0.25) is 0 Å². The van der Waals surface area contributed by atoms with E-state index in [9.17, 15) is 8.42 Å². The third kappa shape index (κ3) is 39.4. The minimum atomic E-state index is -4.23. The minimum absolute atomic E-state index is 0. The van der Waals surface area contributed by atoms with Gasteiger partial charge < -0.3 is 6.92 Å². The van der Waals surface area contributed by atoms with Crippen LogP contribution in [0, 0.1) is 6.92 Å². The first-order valence-electron chi connectivity index (χ1n) is 12.4. The standard InChI is InChI=1S/C12H26O4S.C12H25.Na/c1-2-3-4-5-6-7-8-9-10-11-12-16-17(13,14)15;1-3-5-7-9-11-12-10-8-6-4-2;/h2-12H2,1H3,(H,13,14,15);1,3-12H2,2H3;/q;-1;+1. The van der Waals surface area contributed by atoms with Gasteiger partial charge in [0.1, 0.15) is 0 Å². The zero-order chi connectivity index (χ0) is 22.1. The molecule has 178 valence electrons. The molecule has 0 aliphatic carbocycles. The molecule has 0 spiro atoms. The van der Waals surface area contributed by atoms with Crippen molar-refractivity contribution in [3.8, 4) is 0 Å². The summed E-state index contributed by atoms with van der Waals surface area (Å²) in [5.74, 6) is 0. The average Bonchev–Trinajstić information content (AvgIpc) is 2.68.